The molecule has 2 heterocycles. The van der Waals surface area contributed by atoms with Crippen molar-refractivity contribution in [2.45, 2.75) is 6.10 Å². The number of hydrogen-bond acceptors (Lipinski definition) is 2. The fourth-order valence-corrected chi connectivity index (χ4v) is 0.755. The van der Waals surface area contributed by atoms with E-state index in [4.69, 9.17) is 9.15 Å². The van der Waals surface area contributed by atoms with Crippen molar-refractivity contribution in [3.63, 3.8) is 0 Å². The highest BCUT2D eigenvalue weighted by Gasteiger charge is 2.17. The molecule has 2 nitrogen and oxygen atoms in total. The van der Waals surface area contributed by atoms with Crippen LogP contribution in [0.25, 0.3) is 6.08 Å². The number of furan rings is 1. The zero-order valence-electron chi connectivity index (χ0n) is 5.49. The van der Waals surface area contributed by atoms with Gasteiger partial charge in [0.05, 0.1) is 19.0 Å². The number of epoxide rings is 1. The average molecular weight is 136 g/mol. The minimum atomic E-state index is 0.338. The lowest BCUT2D eigenvalue weighted by Gasteiger charge is -1.79. The predicted molar refractivity (Wildman–Crippen MR) is 37.5 cm³/mol. The van der Waals surface area contributed by atoms with Crippen LogP contribution in [0, 0.1) is 0 Å². The summed E-state index contributed by atoms with van der Waals surface area (Å²) in [5, 5.41) is 0. The number of rotatable bonds is 2. The summed E-state index contributed by atoms with van der Waals surface area (Å²) in [5.74, 6) is 0.885. The van der Waals surface area contributed by atoms with Crippen LogP contribution in [0.4, 0.5) is 0 Å². The Labute approximate surface area is 59.1 Å². The maximum Gasteiger partial charge on any atom is 0.126 e. The zero-order chi connectivity index (χ0) is 6.81. The minimum Gasteiger partial charge on any atom is -0.465 e. The van der Waals surface area contributed by atoms with Gasteiger partial charge in [-0.15, -0.1) is 0 Å². The molecule has 0 aliphatic carbocycles. The average Bonchev–Trinajstić information content (AvgIpc) is 2.63. The molecule has 1 aliphatic heterocycles. The minimum absolute atomic E-state index is 0.338. The van der Waals surface area contributed by atoms with Crippen molar-refractivity contribution in [1.82, 2.24) is 0 Å². The topological polar surface area (TPSA) is 25.7 Å². The molecule has 0 spiro atoms. The molecule has 1 unspecified atom stereocenters. The van der Waals surface area contributed by atoms with Crippen LogP contribution in [0.3, 0.4) is 0 Å². The lowest BCUT2D eigenvalue weighted by atomic mass is 10.3. The Morgan fingerprint density at radius 3 is 3.10 bits per heavy atom. The molecule has 1 fully saturated rings. The molecule has 52 valence electrons. The van der Waals surface area contributed by atoms with Crippen LogP contribution in [-0.2, 0) is 4.74 Å². The standard InChI is InChI=1S/C8H8O2/c1-2-7(9-5-1)3-4-8-6-10-8/h1-5,8H,6H2/b4-3+. The highest BCUT2D eigenvalue weighted by Crippen LogP contribution is 2.12. The first-order chi connectivity index (χ1) is 4.95. The molecule has 0 amide bonds. The largest absolute Gasteiger partial charge is 0.465 e. The van der Waals surface area contributed by atoms with Crippen molar-refractivity contribution in [1.29, 1.82) is 0 Å². The van der Waals surface area contributed by atoms with Gasteiger partial charge in [0.25, 0.3) is 0 Å². The van der Waals surface area contributed by atoms with Gasteiger partial charge in [0.15, 0.2) is 0 Å². The first-order valence-corrected chi connectivity index (χ1v) is 3.28. The smallest absolute Gasteiger partial charge is 0.126 e. The van der Waals surface area contributed by atoms with Gasteiger partial charge in [-0.25, -0.2) is 0 Å². The second-order valence-corrected chi connectivity index (χ2v) is 2.25. The zero-order valence-corrected chi connectivity index (χ0v) is 5.49. The van der Waals surface area contributed by atoms with E-state index in [1.165, 1.54) is 0 Å². The summed E-state index contributed by atoms with van der Waals surface area (Å²) in [7, 11) is 0. The maximum atomic E-state index is 5.07. The lowest BCUT2D eigenvalue weighted by molar-refractivity contribution is 0.440. The molecular formula is C8H8O2. The quantitative estimate of drug-likeness (QED) is 0.578. The van der Waals surface area contributed by atoms with Gasteiger partial charge in [0, 0.05) is 0 Å². The van der Waals surface area contributed by atoms with Gasteiger partial charge in [0.2, 0.25) is 0 Å². The van der Waals surface area contributed by atoms with Crippen LogP contribution in [0.5, 0.6) is 0 Å². The molecule has 10 heavy (non-hydrogen) atoms. The molecule has 1 saturated heterocycles. The summed E-state index contributed by atoms with van der Waals surface area (Å²) >= 11 is 0. The Kier molecular flexibility index (Phi) is 1.32. The van der Waals surface area contributed by atoms with Gasteiger partial charge in [-0.1, -0.05) is 0 Å². The van der Waals surface area contributed by atoms with E-state index in [0.29, 0.717) is 6.10 Å². The SMILES string of the molecule is C(=C\C1CO1)/c1ccco1. The van der Waals surface area contributed by atoms with E-state index >= 15 is 0 Å². The van der Waals surface area contributed by atoms with Gasteiger partial charge in [-0.05, 0) is 24.3 Å². The van der Waals surface area contributed by atoms with Crippen LogP contribution in [-0.4, -0.2) is 12.7 Å². The van der Waals surface area contributed by atoms with Crippen LogP contribution >= 0.6 is 0 Å². The second-order valence-electron chi connectivity index (χ2n) is 2.25. The van der Waals surface area contributed by atoms with Crippen molar-refractivity contribution in [3.05, 3.63) is 30.2 Å². The molecular weight excluding hydrogens is 128 g/mol. The van der Waals surface area contributed by atoms with E-state index in [1.807, 2.05) is 24.3 Å². The van der Waals surface area contributed by atoms with E-state index in [2.05, 4.69) is 0 Å². The predicted octanol–water partition coefficient (Wildman–Crippen LogP) is 1.69. The van der Waals surface area contributed by atoms with E-state index in [9.17, 15) is 0 Å². The first-order valence-electron chi connectivity index (χ1n) is 3.28. The van der Waals surface area contributed by atoms with Crippen LogP contribution in [0.2, 0.25) is 0 Å². The first kappa shape index (κ1) is 5.74. The van der Waals surface area contributed by atoms with E-state index < -0.39 is 0 Å². The van der Waals surface area contributed by atoms with Crippen molar-refractivity contribution in [2.75, 3.05) is 6.61 Å². The van der Waals surface area contributed by atoms with Gasteiger partial charge in [-0.2, -0.15) is 0 Å². The molecule has 0 saturated carbocycles. The third kappa shape index (κ3) is 1.28. The van der Waals surface area contributed by atoms with Crippen LogP contribution < -0.4 is 0 Å². The molecule has 0 bridgehead atoms. The third-order valence-corrected chi connectivity index (χ3v) is 1.38. The lowest BCUT2D eigenvalue weighted by Crippen LogP contribution is -1.71. The summed E-state index contributed by atoms with van der Waals surface area (Å²) in [6.45, 7) is 0.858. The highest BCUT2D eigenvalue weighted by atomic mass is 16.6. The molecule has 0 radical (unpaired) electrons. The summed E-state index contributed by atoms with van der Waals surface area (Å²) in [4.78, 5) is 0. The molecule has 1 aliphatic rings. The van der Waals surface area contributed by atoms with Crippen molar-refractivity contribution in [3.8, 4) is 0 Å². The van der Waals surface area contributed by atoms with Gasteiger partial charge < -0.3 is 9.15 Å². The van der Waals surface area contributed by atoms with Gasteiger partial charge in [-0.3, -0.25) is 0 Å². The molecule has 2 rings (SSSR count). The van der Waals surface area contributed by atoms with Crippen molar-refractivity contribution < 1.29 is 9.15 Å². The maximum absolute atomic E-state index is 5.07. The molecule has 1 aromatic rings. The monoisotopic (exact) mass is 136 g/mol. The number of ether oxygens (including phenoxy) is 1. The van der Waals surface area contributed by atoms with E-state index in [0.717, 1.165) is 12.4 Å². The summed E-state index contributed by atoms with van der Waals surface area (Å²) in [6.07, 6.45) is 5.93. The Morgan fingerprint density at radius 1 is 1.60 bits per heavy atom. The normalized spacial score (nSPS) is 23.8. The van der Waals surface area contributed by atoms with Crippen molar-refractivity contribution in [2.24, 2.45) is 0 Å². The van der Waals surface area contributed by atoms with Crippen molar-refractivity contribution >= 4 is 6.08 Å². The van der Waals surface area contributed by atoms with Crippen LogP contribution in [0.15, 0.2) is 28.9 Å². The number of hydrogen-bond donors (Lipinski definition) is 0. The highest BCUT2D eigenvalue weighted by molar-refractivity contribution is 5.43. The summed E-state index contributed by atoms with van der Waals surface area (Å²) < 4.78 is 10.0. The van der Waals surface area contributed by atoms with Crippen LogP contribution in [0.1, 0.15) is 5.76 Å². The fraction of sp³-hybridized carbons (Fsp3) is 0.250. The second kappa shape index (κ2) is 2.31. The molecule has 2 heteroatoms. The Bertz CT molecular complexity index is 219. The third-order valence-electron chi connectivity index (χ3n) is 1.38. The summed E-state index contributed by atoms with van der Waals surface area (Å²) in [5.41, 5.74) is 0. The van der Waals surface area contributed by atoms with E-state index in [1.54, 1.807) is 6.26 Å². The van der Waals surface area contributed by atoms with Gasteiger partial charge in [0.1, 0.15) is 5.76 Å². The van der Waals surface area contributed by atoms with E-state index in [-0.39, 0.29) is 0 Å². The molecule has 0 aromatic carbocycles. The Balaban J connectivity index is 2.01. The van der Waals surface area contributed by atoms with Gasteiger partial charge >= 0.3 is 0 Å². The molecule has 0 N–H and O–H groups in total. The summed E-state index contributed by atoms with van der Waals surface area (Å²) in [6, 6.07) is 3.78. The fourth-order valence-electron chi connectivity index (χ4n) is 0.755. The Hall–Kier alpha value is -1.02. The molecule has 1 aromatic heterocycles. The molecule has 1 atom stereocenters. The Morgan fingerprint density at radius 2 is 2.50 bits per heavy atom.